The number of nitrogens with zero attached hydrogens (tertiary/aromatic N) is 6. The second kappa shape index (κ2) is 13.0. The molecule has 0 fully saturated rings. The Balaban J connectivity index is 1.02. The summed E-state index contributed by atoms with van der Waals surface area (Å²) in [5.41, 5.74) is 6.22. The monoisotopic (exact) mass is 802 g/mol. The lowest BCUT2D eigenvalue weighted by atomic mass is 9.88. The fourth-order valence-corrected chi connectivity index (χ4v) is 9.28. The lowest BCUT2D eigenvalue weighted by molar-refractivity contribution is 0.483. The van der Waals surface area contributed by atoms with Gasteiger partial charge in [-0.15, -0.1) is 0 Å². The van der Waals surface area contributed by atoms with Crippen molar-refractivity contribution >= 4 is 88.2 Å². The fraction of sp³-hybridized carbons (Fsp3) is 0.130. The number of anilines is 4. The standard InChI is InChI=1S/C54H44N6O/c1-54(2,3)34-27-28-55-50(29-34)60-46-22-11-8-17-38(46)41-26-25-37(31-49(41)60)61-36-16-14-15-35(30-36)58-33-59(48-24-13-12-23-47(48)58)53-51-42(39-18-6-9-20-44(39)56(51)4)32-43-40-19-7-10-21-45(40)57(5)52(43)53/h6-32H,33H2,1-5H3/i4D3,5D3,8D,11D,17D,22D. The van der Waals surface area contributed by atoms with Gasteiger partial charge >= 0.3 is 0 Å². The Morgan fingerprint density at radius 2 is 1.23 bits per heavy atom. The highest BCUT2D eigenvalue weighted by atomic mass is 16.5. The molecule has 61 heavy (non-hydrogen) atoms. The van der Waals surface area contributed by atoms with Gasteiger partial charge in [-0.1, -0.05) is 93.5 Å². The van der Waals surface area contributed by atoms with E-state index in [1.807, 2.05) is 120 Å². The van der Waals surface area contributed by atoms with Crippen LogP contribution < -0.4 is 14.5 Å². The molecule has 0 atom stereocenters. The SMILES string of the molecule is [2H]c1c([2H])c([2H])c2c(c1[2H])c1ccc(Oc3cccc(N4CN(c5c6c(cc7c8ccccc8n(C([2H])([2H])[2H])c57)c5ccccc5n6C([2H])([2H])[2H])c5ccccc54)c3)cc1n2-c1cc(C(C)(C)C)ccn1. The summed E-state index contributed by atoms with van der Waals surface area (Å²) >= 11 is 0. The molecule has 7 nitrogen and oxygen atoms in total. The normalized spacial score (nSPS) is 16.0. The number of rotatable bonds is 5. The summed E-state index contributed by atoms with van der Waals surface area (Å²) in [6.07, 6.45) is 1.71. The van der Waals surface area contributed by atoms with Crippen molar-refractivity contribution in [1.82, 2.24) is 18.7 Å². The molecule has 0 N–H and O–H groups in total. The molecule has 0 saturated heterocycles. The van der Waals surface area contributed by atoms with Crippen LogP contribution in [0.25, 0.3) is 71.2 Å². The molecule has 0 saturated carbocycles. The van der Waals surface area contributed by atoms with Crippen molar-refractivity contribution in [3.8, 4) is 17.3 Å². The Hall–Kier alpha value is -7.51. The van der Waals surface area contributed by atoms with Gasteiger partial charge < -0.3 is 23.7 Å². The minimum absolute atomic E-state index is 0.144. The first-order chi connectivity index (χ1) is 33.8. The second-order valence-electron chi connectivity index (χ2n) is 16.7. The maximum atomic E-state index is 9.06. The maximum absolute atomic E-state index is 9.06. The van der Waals surface area contributed by atoms with Gasteiger partial charge in [0.1, 0.15) is 24.0 Å². The number of hydrogen-bond acceptors (Lipinski definition) is 4. The number of aromatic nitrogens is 4. The van der Waals surface area contributed by atoms with Crippen LogP contribution in [0.4, 0.5) is 22.7 Å². The number of hydrogen-bond donors (Lipinski definition) is 0. The molecule has 0 radical (unpaired) electrons. The van der Waals surface area contributed by atoms with Crippen molar-refractivity contribution in [2.75, 3.05) is 16.5 Å². The van der Waals surface area contributed by atoms with Crippen molar-refractivity contribution in [2.45, 2.75) is 26.2 Å². The summed E-state index contributed by atoms with van der Waals surface area (Å²) in [5.74, 6) is 1.45. The lowest BCUT2D eigenvalue weighted by Gasteiger charge is -2.25. The van der Waals surface area contributed by atoms with E-state index in [9.17, 15) is 0 Å². The Labute approximate surface area is 367 Å². The molecule has 0 aliphatic carbocycles. The highest BCUT2D eigenvalue weighted by Gasteiger charge is 2.33. The molecule has 0 unspecified atom stereocenters. The molecule has 12 rings (SSSR count). The van der Waals surface area contributed by atoms with E-state index < -0.39 is 14.0 Å². The minimum atomic E-state index is -2.64. The van der Waals surface area contributed by atoms with E-state index in [-0.39, 0.29) is 36.3 Å². The van der Waals surface area contributed by atoms with E-state index >= 15 is 0 Å². The molecule has 0 amide bonds. The Morgan fingerprint density at radius 3 is 1.95 bits per heavy atom. The summed E-state index contributed by atoms with van der Waals surface area (Å²) in [6.45, 7) is 1.19. The van der Waals surface area contributed by atoms with Crippen LogP contribution >= 0.6 is 0 Å². The third-order valence-electron chi connectivity index (χ3n) is 12.2. The summed E-state index contributed by atoms with van der Waals surface area (Å²) < 4.78 is 100. The van der Waals surface area contributed by atoms with Crippen LogP contribution in [0.1, 0.15) is 40.0 Å². The van der Waals surface area contributed by atoms with Crippen LogP contribution in [-0.2, 0) is 19.4 Å². The Kier molecular flexibility index (Phi) is 5.66. The first kappa shape index (κ1) is 26.6. The number of aryl methyl sites for hydroxylation is 2. The zero-order chi connectivity index (χ0) is 49.6. The van der Waals surface area contributed by atoms with Gasteiger partial charge in [0.2, 0.25) is 0 Å². The van der Waals surface area contributed by atoms with E-state index in [2.05, 4.69) is 25.7 Å². The summed E-state index contributed by atoms with van der Waals surface area (Å²) in [7, 11) is 0. The molecule has 1 aliphatic heterocycles. The molecule has 5 heterocycles. The van der Waals surface area contributed by atoms with Crippen molar-refractivity contribution in [1.29, 1.82) is 0 Å². The average Bonchev–Trinajstić information content (AvgIpc) is 4.09. The zero-order valence-corrected chi connectivity index (χ0v) is 33.6. The smallest absolute Gasteiger partial charge is 0.137 e. The highest BCUT2D eigenvalue weighted by molar-refractivity contribution is 6.25. The molecule has 11 aromatic rings. The Bertz CT molecular complexity index is 3940. The molecular formula is C54H44N6O. The van der Waals surface area contributed by atoms with Crippen molar-refractivity contribution in [3.63, 3.8) is 0 Å². The van der Waals surface area contributed by atoms with Gasteiger partial charge in [-0.3, -0.25) is 4.57 Å². The van der Waals surface area contributed by atoms with Gasteiger partial charge in [-0.25, -0.2) is 4.98 Å². The van der Waals surface area contributed by atoms with Crippen molar-refractivity contribution < 1.29 is 18.4 Å². The van der Waals surface area contributed by atoms with E-state index in [1.165, 1.54) is 9.13 Å². The van der Waals surface area contributed by atoms with E-state index in [0.717, 1.165) is 33.4 Å². The number of ether oxygens (including phenoxy) is 1. The predicted molar refractivity (Wildman–Crippen MR) is 254 cm³/mol. The summed E-state index contributed by atoms with van der Waals surface area (Å²) in [6, 6.07) is 40.5. The molecular weight excluding hydrogens is 749 g/mol. The van der Waals surface area contributed by atoms with Crippen LogP contribution in [0.3, 0.4) is 0 Å². The summed E-state index contributed by atoms with van der Waals surface area (Å²) in [4.78, 5) is 8.84. The van der Waals surface area contributed by atoms with Crippen LogP contribution in [-0.4, -0.2) is 25.4 Å². The molecule has 7 heteroatoms. The highest BCUT2D eigenvalue weighted by Crippen LogP contribution is 2.51. The van der Waals surface area contributed by atoms with Crippen LogP contribution in [0, 0.1) is 0 Å². The summed E-state index contributed by atoms with van der Waals surface area (Å²) in [5, 5.41) is 3.84. The topological polar surface area (TPSA) is 43.4 Å². The van der Waals surface area contributed by atoms with Gasteiger partial charge in [-0.2, -0.15) is 0 Å². The first-order valence-corrected chi connectivity index (χ1v) is 20.2. The average molecular weight is 803 g/mol. The quantitative estimate of drug-likeness (QED) is 0.174. The Morgan fingerprint density at radius 1 is 0.574 bits per heavy atom. The predicted octanol–water partition coefficient (Wildman–Crippen LogP) is 13.8. The molecule has 0 bridgehead atoms. The molecule has 296 valence electrons. The molecule has 0 spiro atoms. The van der Waals surface area contributed by atoms with Crippen molar-refractivity contribution in [2.24, 2.45) is 14.0 Å². The van der Waals surface area contributed by atoms with Crippen LogP contribution in [0.5, 0.6) is 11.5 Å². The minimum Gasteiger partial charge on any atom is -0.457 e. The van der Waals surface area contributed by atoms with Gasteiger partial charge in [0.25, 0.3) is 0 Å². The third-order valence-corrected chi connectivity index (χ3v) is 12.2. The first-order valence-electron chi connectivity index (χ1n) is 25.2. The number of para-hydroxylation sites is 5. The second-order valence-corrected chi connectivity index (χ2v) is 16.7. The van der Waals surface area contributed by atoms with Crippen LogP contribution in [0.15, 0.2) is 164 Å². The van der Waals surface area contributed by atoms with Gasteiger partial charge in [-0.05, 0) is 83.8 Å². The lowest BCUT2D eigenvalue weighted by Crippen LogP contribution is -2.25. The van der Waals surface area contributed by atoms with Crippen molar-refractivity contribution in [3.05, 3.63) is 169 Å². The number of fused-ring (bicyclic) bond motifs is 10. The van der Waals surface area contributed by atoms with Gasteiger partial charge in [0, 0.05) is 89.5 Å². The third kappa shape index (κ3) is 5.26. The van der Waals surface area contributed by atoms with E-state index in [1.54, 1.807) is 29.0 Å². The largest absolute Gasteiger partial charge is 0.457 e. The fourth-order valence-electron chi connectivity index (χ4n) is 9.28. The van der Waals surface area contributed by atoms with Gasteiger partial charge in [0.05, 0.1) is 44.6 Å². The van der Waals surface area contributed by atoms with Gasteiger partial charge in [0.15, 0.2) is 0 Å². The number of pyridine rings is 1. The molecule has 1 aliphatic rings. The van der Waals surface area contributed by atoms with E-state index in [4.69, 9.17) is 23.4 Å². The molecule has 4 aromatic heterocycles. The maximum Gasteiger partial charge on any atom is 0.137 e. The van der Waals surface area contributed by atoms with Crippen LogP contribution in [0.2, 0.25) is 0 Å². The van der Waals surface area contributed by atoms with E-state index in [0.29, 0.717) is 77.6 Å². The number of benzene rings is 7. The zero-order valence-electron chi connectivity index (χ0n) is 43.6. The molecule has 7 aromatic carbocycles.